The molecule has 2 rings (SSSR count). The first-order valence-corrected chi connectivity index (χ1v) is 7.33. The highest BCUT2D eigenvalue weighted by molar-refractivity contribution is 7.10. The van der Waals surface area contributed by atoms with E-state index < -0.39 is 0 Å². The van der Waals surface area contributed by atoms with E-state index in [1.165, 1.54) is 13.2 Å². The van der Waals surface area contributed by atoms with Crippen molar-refractivity contribution in [3.05, 3.63) is 46.2 Å². The lowest BCUT2D eigenvalue weighted by Crippen LogP contribution is -2.23. The molecule has 1 unspecified atom stereocenters. The Kier molecular flexibility index (Phi) is 5.19. The van der Waals surface area contributed by atoms with Gasteiger partial charge in [-0.25, -0.2) is 0 Å². The highest BCUT2D eigenvalue weighted by Crippen LogP contribution is 2.29. The Morgan fingerprint density at radius 3 is 2.81 bits per heavy atom. The van der Waals surface area contributed by atoms with Crippen molar-refractivity contribution in [3.8, 4) is 11.5 Å². The zero-order chi connectivity index (χ0) is 15.2. The largest absolute Gasteiger partial charge is 0.504 e. The van der Waals surface area contributed by atoms with Gasteiger partial charge in [0.15, 0.2) is 11.5 Å². The van der Waals surface area contributed by atoms with Crippen LogP contribution in [0.1, 0.15) is 22.9 Å². The highest BCUT2D eigenvalue weighted by atomic mass is 32.1. The van der Waals surface area contributed by atoms with Gasteiger partial charge in [-0.05, 0) is 17.5 Å². The van der Waals surface area contributed by atoms with Crippen LogP contribution in [0.3, 0.4) is 0 Å². The quantitative estimate of drug-likeness (QED) is 0.564. The lowest BCUT2D eigenvalue weighted by molar-refractivity contribution is -0.141. The van der Waals surface area contributed by atoms with Crippen LogP contribution in [0.5, 0.6) is 11.5 Å². The van der Waals surface area contributed by atoms with Gasteiger partial charge in [0.05, 0.1) is 19.6 Å². The Morgan fingerprint density at radius 1 is 1.33 bits per heavy atom. The number of carbonyl (C=O) groups is 1. The number of benzene rings is 1. The number of aromatic hydroxyl groups is 2. The van der Waals surface area contributed by atoms with Crippen molar-refractivity contribution in [3.63, 3.8) is 0 Å². The predicted octanol–water partition coefficient (Wildman–Crippen LogP) is 2.55. The summed E-state index contributed by atoms with van der Waals surface area (Å²) >= 11 is 1.54. The van der Waals surface area contributed by atoms with Crippen LogP contribution < -0.4 is 5.32 Å². The molecule has 0 saturated heterocycles. The van der Waals surface area contributed by atoms with Gasteiger partial charge in [0.2, 0.25) is 0 Å². The Morgan fingerprint density at radius 2 is 2.14 bits per heavy atom. The first kappa shape index (κ1) is 15.3. The van der Waals surface area contributed by atoms with Crippen molar-refractivity contribution < 1.29 is 19.7 Å². The fourth-order valence-corrected chi connectivity index (χ4v) is 2.77. The topological polar surface area (TPSA) is 78.8 Å². The van der Waals surface area contributed by atoms with Gasteiger partial charge >= 0.3 is 5.97 Å². The maximum atomic E-state index is 11.5. The standard InChI is InChI=1S/C15H17NO4S/c1-20-14(18)8-11(13-6-3-7-21-13)16-9-10-4-2-5-12(17)15(10)19/h2-7,11,16-17,19H,8-9H2,1H3. The van der Waals surface area contributed by atoms with E-state index in [-0.39, 0.29) is 29.9 Å². The van der Waals surface area contributed by atoms with E-state index in [4.69, 9.17) is 4.74 Å². The summed E-state index contributed by atoms with van der Waals surface area (Å²) in [4.78, 5) is 12.5. The zero-order valence-corrected chi connectivity index (χ0v) is 12.4. The van der Waals surface area contributed by atoms with Gasteiger partial charge in [-0.1, -0.05) is 18.2 Å². The summed E-state index contributed by atoms with van der Waals surface area (Å²) in [5.41, 5.74) is 0.571. The summed E-state index contributed by atoms with van der Waals surface area (Å²) < 4.78 is 4.71. The van der Waals surface area contributed by atoms with E-state index >= 15 is 0 Å². The van der Waals surface area contributed by atoms with Gasteiger partial charge in [-0.3, -0.25) is 4.79 Å². The summed E-state index contributed by atoms with van der Waals surface area (Å²) in [5, 5.41) is 24.4. The number of phenolic OH excluding ortho intramolecular Hbond substituents is 2. The highest BCUT2D eigenvalue weighted by Gasteiger charge is 2.18. The van der Waals surface area contributed by atoms with Crippen LogP contribution in [0.15, 0.2) is 35.7 Å². The average Bonchev–Trinajstić information content (AvgIpc) is 3.01. The Balaban J connectivity index is 2.08. The first-order valence-electron chi connectivity index (χ1n) is 6.45. The summed E-state index contributed by atoms with van der Waals surface area (Å²) in [7, 11) is 1.36. The molecule has 0 aliphatic rings. The number of nitrogens with one attached hydrogen (secondary N) is 1. The third-order valence-electron chi connectivity index (χ3n) is 3.12. The van der Waals surface area contributed by atoms with Crippen LogP contribution in [0.4, 0.5) is 0 Å². The van der Waals surface area contributed by atoms with Crippen LogP contribution in [-0.4, -0.2) is 23.3 Å². The minimum absolute atomic E-state index is 0.145. The monoisotopic (exact) mass is 307 g/mol. The number of methoxy groups -OCH3 is 1. The molecule has 0 aliphatic carbocycles. The molecule has 2 aromatic rings. The second kappa shape index (κ2) is 7.10. The third kappa shape index (κ3) is 3.96. The number of carbonyl (C=O) groups excluding carboxylic acids is 1. The molecule has 0 radical (unpaired) electrons. The number of hydrogen-bond donors (Lipinski definition) is 3. The Bertz CT molecular complexity index is 598. The molecule has 0 amide bonds. The summed E-state index contributed by atoms with van der Waals surface area (Å²) in [6, 6.07) is 8.45. The number of esters is 1. The lowest BCUT2D eigenvalue weighted by atomic mass is 10.1. The van der Waals surface area contributed by atoms with Crippen LogP contribution in [0.25, 0.3) is 0 Å². The van der Waals surface area contributed by atoms with Crippen LogP contribution in [0, 0.1) is 0 Å². The van der Waals surface area contributed by atoms with Gasteiger partial charge in [0.1, 0.15) is 0 Å². The molecule has 21 heavy (non-hydrogen) atoms. The molecule has 0 saturated carbocycles. The van der Waals surface area contributed by atoms with E-state index in [0.717, 1.165) is 4.88 Å². The lowest BCUT2D eigenvalue weighted by Gasteiger charge is -2.17. The van der Waals surface area contributed by atoms with E-state index in [1.54, 1.807) is 23.5 Å². The Hall–Kier alpha value is -2.05. The zero-order valence-electron chi connectivity index (χ0n) is 11.6. The molecule has 5 nitrogen and oxygen atoms in total. The number of phenols is 2. The summed E-state index contributed by atoms with van der Waals surface area (Å²) in [5.74, 6) is -0.607. The number of ether oxygens (including phenoxy) is 1. The molecule has 1 heterocycles. The number of thiophene rings is 1. The molecule has 0 fully saturated rings. The fourth-order valence-electron chi connectivity index (χ4n) is 1.97. The molecule has 3 N–H and O–H groups in total. The molecule has 0 aliphatic heterocycles. The van der Waals surface area contributed by atoms with Crippen molar-refractivity contribution in [1.82, 2.24) is 5.32 Å². The van der Waals surface area contributed by atoms with Crippen molar-refractivity contribution in [2.45, 2.75) is 19.0 Å². The predicted molar refractivity (Wildman–Crippen MR) is 80.3 cm³/mol. The van der Waals surface area contributed by atoms with Gasteiger partial charge in [0.25, 0.3) is 0 Å². The van der Waals surface area contributed by atoms with Crippen LogP contribution in [-0.2, 0) is 16.1 Å². The second-order valence-electron chi connectivity index (χ2n) is 4.51. The van der Waals surface area contributed by atoms with Crippen molar-refractivity contribution >= 4 is 17.3 Å². The third-order valence-corrected chi connectivity index (χ3v) is 4.11. The van der Waals surface area contributed by atoms with Gasteiger partial charge in [0, 0.05) is 17.0 Å². The van der Waals surface area contributed by atoms with Gasteiger partial charge in [-0.15, -0.1) is 11.3 Å². The van der Waals surface area contributed by atoms with E-state index in [9.17, 15) is 15.0 Å². The Labute approximate surface area is 126 Å². The van der Waals surface area contributed by atoms with Gasteiger partial charge in [-0.2, -0.15) is 0 Å². The minimum atomic E-state index is -0.305. The minimum Gasteiger partial charge on any atom is -0.504 e. The number of rotatable bonds is 6. The van der Waals surface area contributed by atoms with Crippen LogP contribution >= 0.6 is 11.3 Å². The smallest absolute Gasteiger partial charge is 0.307 e. The maximum absolute atomic E-state index is 11.5. The van der Waals surface area contributed by atoms with Gasteiger partial charge < -0.3 is 20.3 Å². The molecule has 0 spiro atoms. The number of hydrogen-bond acceptors (Lipinski definition) is 6. The second-order valence-corrected chi connectivity index (χ2v) is 5.49. The summed E-state index contributed by atoms with van der Waals surface area (Å²) in [6.45, 7) is 0.333. The fraction of sp³-hybridized carbons (Fsp3) is 0.267. The molecule has 112 valence electrons. The molecule has 0 bridgehead atoms. The van der Waals surface area contributed by atoms with Crippen molar-refractivity contribution in [2.75, 3.05) is 7.11 Å². The number of para-hydroxylation sites is 1. The van der Waals surface area contributed by atoms with E-state index in [2.05, 4.69) is 5.32 Å². The van der Waals surface area contributed by atoms with Crippen molar-refractivity contribution in [2.24, 2.45) is 0 Å². The van der Waals surface area contributed by atoms with Crippen LogP contribution in [0.2, 0.25) is 0 Å². The summed E-state index contributed by atoms with van der Waals surface area (Å²) in [6.07, 6.45) is 0.205. The molecule has 1 aromatic heterocycles. The molecule has 6 heteroatoms. The SMILES string of the molecule is COC(=O)CC(NCc1cccc(O)c1O)c1cccs1. The van der Waals surface area contributed by atoms with E-state index in [0.29, 0.717) is 12.1 Å². The first-order chi connectivity index (χ1) is 10.1. The molecular formula is C15H17NO4S. The average molecular weight is 307 g/mol. The molecular weight excluding hydrogens is 290 g/mol. The van der Waals surface area contributed by atoms with Crippen molar-refractivity contribution in [1.29, 1.82) is 0 Å². The molecule has 1 atom stereocenters. The normalized spacial score (nSPS) is 12.0. The van der Waals surface area contributed by atoms with E-state index in [1.807, 2.05) is 17.5 Å². The molecule has 1 aromatic carbocycles. The maximum Gasteiger partial charge on any atom is 0.307 e.